The highest BCUT2D eigenvalue weighted by molar-refractivity contribution is 5.81. The third-order valence-corrected chi connectivity index (χ3v) is 3.01. The van der Waals surface area contributed by atoms with Crippen LogP contribution in [0.5, 0.6) is 0 Å². The smallest absolute Gasteiger partial charge is 0.140 e. The van der Waals surface area contributed by atoms with Gasteiger partial charge in [-0.3, -0.25) is 4.98 Å². The molecular weight excluding hydrogens is 210 g/mol. The third-order valence-electron chi connectivity index (χ3n) is 3.01. The summed E-state index contributed by atoms with van der Waals surface area (Å²) in [6.07, 6.45) is 1.83. The van der Waals surface area contributed by atoms with E-state index < -0.39 is 0 Å². The molecule has 2 heterocycles. The molecule has 0 amide bonds. The van der Waals surface area contributed by atoms with Gasteiger partial charge in [0, 0.05) is 18.8 Å². The zero-order chi connectivity index (χ0) is 11.8. The summed E-state index contributed by atoms with van der Waals surface area (Å²) in [4.78, 5) is 8.96. The van der Waals surface area contributed by atoms with Crippen LogP contribution in [0, 0.1) is 6.92 Å². The molecule has 0 spiro atoms. The van der Waals surface area contributed by atoms with Crippen molar-refractivity contribution in [2.24, 2.45) is 7.05 Å². The fraction of sp³-hybridized carbons (Fsp3) is 0.143. The van der Waals surface area contributed by atoms with Crippen molar-refractivity contribution in [3.05, 3.63) is 48.3 Å². The quantitative estimate of drug-likeness (QED) is 0.635. The van der Waals surface area contributed by atoms with E-state index in [9.17, 15) is 0 Å². The Labute approximate surface area is 99.8 Å². The van der Waals surface area contributed by atoms with Crippen LogP contribution >= 0.6 is 0 Å². The normalized spacial score (nSPS) is 10.9. The molecule has 0 radical (unpaired) electrons. The predicted octanol–water partition coefficient (Wildman–Crippen LogP) is 2.94. The van der Waals surface area contributed by atoms with Crippen LogP contribution in [0.1, 0.15) is 5.69 Å². The maximum absolute atomic E-state index is 4.68. The van der Waals surface area contributed by atoms with Gasteiger partial charge in [0.2, 0.25) is 0 Å². The molecule has 3 nitrogen and oxygen atoms in total. The summed E-state index contributed by atoms with van der Waals surface area (Å²) in [5, 5.41) is 0. The van der Waals surface area contributed by atoms with E-state index in [2.05, 4.69) is 26.7 Å². The summed E-state index contributed by atoms with van der Waals surface area (Å²) in [6.45, 7) is 1.99. The molecule has 0 saturated heterocycles. The molecule has 3 rings (SSSR count). The fourth-order valence-corrected chi connectivity index (χ4v) is 2.09. The van der Waals surface area contributed by atoms with Crippen LogP contribution in [0.15, 0.2) is 42.6 Å². The zero-order valence-corrected chi connectivity index (χ0v) is 9.88. The Morgan fingerprint density at radius 2 is 1.82 bits per heavy atom. The standard InChI is InChI=1S/C14H13N3/c1-10-13-12(8-9-15-10)17(2)14(16-13)11-6-4-3-5-7-11/h3-9H,1-2H3. The number of benzene rings is 1. The second-order valence-electron chi connectivity index (χ2n) is 4.12. The van der Waals surface area contributed by atoms with Crippen molar-refractivity contribution in [1.29, 1.82) is 0 Å². The Hall–Kier alpha value is -2.16. The zero-order valence-electron chi connectivity index (χ0n) is 9.88. The average molecular weight is 223 g/mol. The van der Waals surface area contributed by atoms with Crippen molar-refractivity contribution in [2.45, 2.75) is 6.92 Å². The average Bonchev–Trinajstić information content (AvgIpc) is 2.70. The number of hydrogen-bond donors (Lipinski definition) is 0. The van der Waals surface area contributed by atoms with Gasteiger partial charge in [0.25, 0.3) is 0 Å². The lowest BCUT2D eigenvalue weighted by atomic mass is 10.2. The van der Waals surface area contributed by atoms with Crippen LogP contribution in [0.3, 0.4) is 0 Å². The van der Waals surface area contributed by atoms with Crippen LogP contribution in [-0.4, -0.2) is 14.5 Å². The highest BCUT2D eigenvalue weighted by Crippen LogP contribution is 2.24. The molecule has 84 valence electrons. The van der Waals surface area contributed by atoms with Gasteiger partial charge in [-0.1, -0.05) is 30.3 Å². The molecule has 0 unspecified atom stereocenters. The lowest BCUT2D eigenvalue weighted by Gasteiger charge is -2.01. The molecular formula is C14H13N3. The highest BCUT2D eigenvalue weighted by Gasteiger charge is 2.10. The topological polar surface area (TPSA) is 30.7 Å². The van der Waals surface area contributed by atoms with Crippen LogP contribution in [0.2, 0.25) is 0 Å². The Morgan fingerprint density at radius 3 is 2.53 bits per heavy atom. The molecule has 0 atom stereocenters. The lowest BCUT2D eigenvalue weighted by molar-refractivity contribution is 0.959. The number of rotatable bonds is 1. The molecule has 0 N–H and O–H groups in total. The molecule has 3 aromatic rings. The summed E-state index contributed by atoms with van der Waals surface area (Å²) in [5.74, 6) is 0.983. The predicted molar refractivity (Wildman–Crippen MR) is 68.7 cm³/mol. The third kappa shape index (κ3) is 1.51. The van der Waals surface area contributed by atoms with E-state index in [1.165, 1.54) is 0 Å². The number of aryl methyl sites for hydroxylation is 2. The molecule has 0 fully saturated rings. The van der Waals surface area contributed by atoms with Crippen LogP contribution in [-0.2, 0) is 7.05 Å². The van der Waals surface area contributed by atoms with E-state index in [4.69, 9.17) is 0 Å². The largest absolute Gasteiger partial charge is 0.327 e. The van der Waals surface area contributed by atoms with Crippen molar-refractivity contribution < 1.29 is 0 Å². The number of nitrogens with zero attached hydrogens (tertiary/aromatic N) is 3. The molecule has 2 aromatic heterocycles. The minimum Gasteiger partial charge on any atom is -0.327 e. The Kier molecular flexibility index (Phi) is 2.18. The molecule has 0 bridgehead atoms. The van der Waals surface area contributed by atoms with E-state index in [-0.39, 0.29) is 0 Å². The van der Waals surface area contributed by atoms with Gasteiger partial charge in [0.05, 0.1) is 11.2 Å². The summed E-state index contributed by atoms with van der Waals surface area (Å²) >= 11 is 0. The van der Waals surface area contributed by atoms with E-state index in [1.807, 2.05) is 44.4 Å². The molecule has 3 heteroatoms. The Balaban J connectivity index is 2.32. The van der Waals surface area contributed by atoms with Crippen molar-refractivity contribution in [3.63, 3.8) is 0 Å². The van der Waals surface area contributed by atoms with Gasteiger partial charge in [-0.2, -0.15) is 0 Å². The van der Waals surface area contributed by atoms with Gasteiger partial charge in [-0.25, -0.2) is 4.98 Å². The summed E-state index contributed by atoms with van der Waals surface area (Å²) in [6, 6.07) is 12.2. The lowest BCUT2D eigenvalue weighted by Crippen LogP contribution is -1.91. The minimum atomic E-state index is 0.972. The van der Waals surface area contributed by atoms with E-state index in [0.29, 0.717) is 0 Å². The second kappa shape index (κ2) is 3.70. The molecule has 0 aliphatic rings. The number of hydrogen-bond acceptors (Lipinski definition) is 2. The molecule has 0 aliphatic heterocycles. The van der Waals surface area contributed by atoms with Crippen molar-refractivity contribution in [3.8, 4) is 11.4 Å². The van der Waals surface area contributed by atoms with Gasteiger partial charge < -0.3 is 4.57 Å². The van der Waals surface area contributed by atoms with Gasteiger partial charge in [-0.15, -0.1) is 0 Å². The highest BCUT2D eigenvalue weighted by atomic mass is 15.1. The van der Waals surface area contributed by atoms with Gasteiger partial charge in [0.1, 0.15) is 11.3 Å². The Bertz CT molecular complexity index is 669. The van der Waals surface area contributed by atoms with E-state index >= 15 is 0 Å². The number of aromatic nitrogens is 3. The van der Waals surface area contributed by atoms with Gasteiger partial charge in [0.15, 0.2) is 0 Å². The monoisotopic (exact) mass is 223 g/mol. The maximum Gasteiger partial charge on any atom is 0.140 e. The molecule has 0 aliphatic carbocycles. The van der Waals surface area contributed by atoms with Gasteiger partial charge >= 0.3 is 0 Å². The SMILES string of the molecule is Cc1nccc2c1nc(-c1ccccc1)n2C. The summed E-state index contributed by atoms with van der Waals surface area (Å²) < 4.78 is 2.11. The van der Waals surface area contributed by atoms with Crippen molar-refractivity contribution in [1.82, 2.24) is 14.5 Å². The van der Waals surface area contributed by atoms with Crippen molar-refractivity contribution >= 4 is 11.0 Å². The number of pyridine rings is 1. The Morgan fingerprint density at radius 1 is 1.06 bits per heavy atom. The number of imidazole rings is 1. The van der Waals surface area contributed by atoms with E-state index in [0.717, 1.165) is 28.1 Å². The second-order valence-corrected chi connectivity index (χ2v) is 4.12. The first kappa shape index (κ1) is 10.0. The maximum atomic E-state index is 4.68. The molecule has 17 heavy (non-hydrogen) atoms. The van der Waals surface area contributed by atoms with Crippen LogP contribution < -0.4 is 0 Å². The fourth-order valence-electron chi connectivity index (χ4n) is 2.09. The summed E-state index contributed by atoms with van der Waals surface area (Å²) in [7, 11) is 2.04. The molecule has 1 aromatic carbocycles. The van der Waals surface area contributed by atoms with Crippen molar-refractivity contribution in [2.75, 3.05) is 0 Å². The minimum absolute atomic E-state index is 0.972. The van der Waals surface area contributed by atoms with Crippen LogP contribution in [0.4, 0.5) is 0 Å². The number of fused-ring (bicyclic) bond motifs is 1. The summed E-state index contributed by atoms with van der Waals surface area (Å²) in [5.41, 5.74) is 4.20. The molecule has 0 saturated carbocycles. The first-order valence-corrected chi connectivity index (χ1v) is 5.61. The van der Waals surface area contributed by atoms with Gasteiger partial charge in [-0.05, 0) is 13.0 Å². The van der Waals surface area contributed by atoms with E-state index in [1.54, 1.807) is 0 Å². The first-order valence-electron chi connectivity index (χ1n) is 5.61. The first-order chi connectivity index (χ1) is 8.27. The van der Waals surface area contributed by atoms with Crippen LogP contribution in [0.25, 0.3) is 22.4 Å².